The Balaban J connectivity index is 1.99. The predicted octanol–water partition coefficient (Wildman–Crippen LogP) is 4.09. The van der Waals surface area contributed by atoms with E-state index in [2.05, 4.69) is 21.3 Å². The number of nitrogens with zero attached hydrogens (tertiary/aromatic N) is 3. The van der Waals surface area contributed by atoms with E-state index in [1.165, 1.54) is 6.07 Å². The van der Waals surface area contributed by atoms with E-state index in [0.717, 1.165) is 29.3 Å². The van der Waals surface area contributed by atoms with Crippen molar-refractivity contribution in [3.63, 3.8) is 0 Å². The van der Waals surface area contributed by atoms with Gasteiger partial charge in [0, 0.05) is 11.8 Å². The number of rotatable bonds is 5. The van der Waals surface area contributed by atoms with Gasteiger partial charge in [-0.05, 0) is 31.9 Å². The normalized spacial score (nSPS) is 14.5. The third kappa shape index (κ3) is 2.63. The summed E-state index contributed by atoms with van der Waals surface area (Å²) in [7, 11) is 0. The Morgan fingerprint density at radius 2 is 2.15 bits per heavy atom. The average molecular weight is 289 g/mol. The van der Waals surface area contributed by atoms with Crippen molar-refractivity contribution in [2.75, 3.05) is 5.75 Å². The summed E-state index contributed by atoms with van der Waals surface area (Å²) in [6.45, 7) is 5.89. The van der Waals surface area contributed by atoms with Crippen molar-refractivity contribution in [2.24, 2.45) is 0 Å². The molecule has 0 saturated heterocycles. The van der Waals surface area contributed by atoms with Gasteiger partial charge in [-0.3, -0.25) is 4.57 Å². The minimum absolute atomic E-state index is 0.252. The first-order chi connectivity index (χ1) is 9.66. The van der Waals surface area contributed by atoms with Crippen LogP contribution >= 0.6 is 11.8 Å². The van der Waals surface area contributed by atoms with Gasteiger partial charge in [0.1, 0.15) is 5.82 Å². The Morgan fingerprint density at radius 1 is 1.40 bits per heavy atom. The summed E-state index contributed by atoms with van der Waals surface area (Å²) in [6, 6.07) is 7.14. The maximum atomic E-state index is 14.0. The minimum atomic E-state index is -0.252. The van der Waals surface area contributed by atoms with E-state index in [0.29, 0.717) is 17.4 Å². The average Bonchev–Trinajstić information content (AvgIpc) is 3.17. The SMILES string of the molecule is C=C(C)CSc1nnc(-c2ccccc2F)n1C1CC1. The van der Waals surface area contributed by atoms with Gasteiger partial charge in [0.05, 0.1) is 5.56 Å². The zero-order valence-electron chi connectivity index (χ0n) is 11.3. The van der Waals surface area contributed by atoms with Gasteiger partial charge < -0.3 is 0 Å². The van der Waals surface area contributed by atoms with Gasteiger partial charge in [-0.2, -0.15) is 0 Å². The predicted molar refractivity (Wildman–Crippen MR) is 79.2 cm³/mol. The molecule has 5 heteroatoms. The molecule has 0 bridgehead atoms. The lowest BCUT2D eigenvalue weighted by atomic mass is 10.2. The first-order valence-corrected chi connectivity index (χ1v) is 7.62. The Morgan fingerprint density at radius 3 is 2.80 bits per heavy atom. The highest BCUT2D eigenvalue weighted by Gasteiger charge is 2.30. The van der Waals surface area contributed by atoms with Crippen LogP contribution in [0.15, 0.2) is 41.6 Å². The molecule has 3 nitrogen and oxygen atoms in total. The second-order valence-electron chi connectivity index (χ2n) is 5.13. The molecule has 0 N–H and O–H groups in total. The highest BCUT2D eigenvalue weighted by atomic mass is 32.2. The smallest absolute Gasteiger partial charge is 0.192 e. The number of thioether (sulfide) groups is 1. The summed E-state index contributed by atoms with van der Waals surface area (Å²) in [5.74, 6) is 1.19. The van der Waals surface area contributed by atoms with Crippen molar-refractivity contribution in [1.82, 2.24) is 14.8 Å². The van der Waals surface area contributed by atoms with Crippen LogP contribution in [0.1, 0.15) is 25.8 Å². The van der Waals surface area contributed by atoms with E-state index in [-0.39, 0.29) is 5.82 Å². The van der Waals surface area contributed by atoms with Crippen LogP contribution in [0.3, 0.4) is 0 Å². The molecule has 0 amide bonds. The molecular weight excluding hydrogens is 273 g/mol. The summed E-state index contributed by atoms with van der Waals surface area (Å²) in [6.07, 6.45) is 2.22. The molecule has 0 radical (unpaired) electrons. The Hall–Kier alpha value is -1.62. The van der Waals surface area contributed by atoms with E-state index >= 15 is 0 Å². The van der Waals surface area contributed by atoms with Crippen LogP contribution in [0, 0.1) is 5.82 Å². The molecule has 1 aromatic carbocycles. The molecule has 0 atom stereocenters. The molecule has 20 heavy (non-hydrogen) atoms. The van der Waals surface area contributed by atoms with Crippen LogP contribution in [-0.4, -0.2) is 20.5 Å². The van der Waals surface area contributed by atoms with E-state index in [1.54, 1.807) is 23.9 Å². The molecule has 1 aliphatic rings. The number of halogens is 1. The van der Waals surface area contributed by atoms with Crippen LogP contribution in [0.25, 0.3) is 11.4 Å². The molecular formula is C15H16FN3S. The van der Waals surface area contributed by atoms with Crippen molar-refractivity contribution in [3.05, 3.63) is 42.2 Å². The molecule has 1 saturated carbocycles. The Labute approximate surface area is 121 Å². The van der Waals surface area contributed by atoms with Crippen molar-refractivity contribution in [3.8, 4) is 11.4 Å². The highest BCUT2D eigenvalue weighted by molar-refractivity contribution is 7.99. The van der Waals surface area contributed by atoms with Gasteiger partial charge in [-0.15, -0.1) is 10.2 Å². The van der Waals surface area contributed by atoms with Gasteiger partial charge in [0.2, 0.25) is 0 Å². The number of hydrogen-bond acceptors (Lipinski definition) is 3. The van der Waals surface area contributed by atoms with Crippen molar-refractivity contribution < 1.29 is 4.39 Å². The zero-order valence-corrected chi connectivity index (χ0v) is 12.2. The van der Waals surface area contributed by atoms with Crippen LogP contribution in [-0.2, 0) is 0 Å². The molecule has 1 aromatic heterocycles. The van der Waals surface area contributed by atoms with E-state index in [1.807, 2.05) is 13.0 Å². The van der Waals surface area contributed by atoms with Gasteiger partial charge in [0.15, 0.2) is 11.0 Å². The van der Waals surface area contributed by atoms with E-state index in [4.69, 9.17) is 0 Å². The van der Waals surface area contributed by atoms with Crippen LogP contribution in [0.2, 0.25) is 0 Å². The molecule has 104 valence electrons. The zero-order chi connectivity index (χ0) is 14.1. The molecule has 3 rings (SSSR count). The minimum Gasteiger partial charge on any atom is -0.299 e. The monoisotopic (exact) mass is 289 g/mol. The summed E-state index contributed by atoms with van der Waals surface area (Å²) in [4.78, 5) is 0. The lowest BCUT2D eigenvalue weighted by molar-refractivity contribution is 0.622. The standard InChI is InChI=1S/C15H16FN3S/c1-10(2)9-20-15-18-17-14(19(15)11-7-8-11)12-5-3-4-6-13(12)16/h3-6,11H,1,7-9H2,2H3. The number of hydrogen-bond donors (Lipinski definition) is 0. The van der Waals surface area contributed by atoms with Gasteiger partial charge in [-0.1, -0.05) is 36.0 Å². The number of benzene rings is 1. The first-order valence-electron chi connectivity index (χ1n) is 6.64. The van der Waals surface area contributed by atoms with Crippen molar-refractivity contribution >= 4 is 11.8 Å². The second kappa shape index (κ2) is 5.40. The topological polar surface area (TPSA) is 30.7 Å². The molecule has 2 aromatic rings. The Bertz CT molecular complexity index is 646. The molecule has 1 heterocycles. The highest BCUT2D eigenvalue weighted by Crippen LogP contribution is 2.41. The fraction of sp³-hybridized carbons (Fsp3) is 0.333. The fourth-order valence-electron chi connectivity index (χ4n) is 2.05. The first kappa shape index (κ1) is 13.4. The maximum Gasteiger partial charge on any atom is 0.192 e. The lowest BCUT2D eigenvalue weighted by Gasteiger charge is -2.09. The van der Waals surface area contributed by atoms with Gasteiger partial charge in [-0.25, -0.2) is 4.39 Å². The largest absolute Gasteiger partial charge is 0.299 e. The van der Waals surface area contributed by atoms with Crippen molar-refractivity contribution in [1.29, 1.82) is 0 Å². The van der Waals surface area contributed by atoms with Crippen LogP contribution in [0.5, 0.6) is 0 Å². The molecule has 0 unspecified atom stereocenters. The van der Waals surface area contributed by atoms with E-state index < -0.39 is 0 Å². The maximum absolute atomic E-state index is 14.0. The van der Waals surface area contributed by atoms with E-state index in [9.17, 15) is 4.39 Å². The van der Waals surface area contributed by atoms with Crippen LogP contribution < -0.4 is 0 Å². The van der Waals surface area contributed by atoms with Crippen LogP contribution in [0.4, 0.5) is 4.39 Å². The lowest BCUT2D eigenvalue weighted by Crippen LogP contribution is -2.01. The summed E-state index contributed by atoms with van der Waals surface area (Å²) in [5.41, 5.74) is 1.61. The van der Waals surface area contributed by atoms with Gasteiger partial charge in [0.25, 0.3) is 0 Å². The Kier molecular flexibility index (Phi) is 3.61. The summed E-state index contributed by atoms with van der Waals surface area (Å²) >= 11 is 1.61. The molecule has 1 fully saturated rings. The second-order valence-corrected chi connectivity index (χ2v) is 6.08. The molecule has 1 aliphatic carbocycles. The molecule has 0 spiro atoms. The third-order valence-electron chi connectivity index (χ3n) is 3.14. The van der Waals surface area contributed by atoms with Crippen molar-refractivity contribution in [2.45, 2.75) is 31.0 Å². The summed E-state index contributed by atoms with van der Waals surface area (Å²) in [5, 5.41) is 9.30. The summed E-state index contributed by atoms with van der Waals surface area (Å²) < 4.78 is 16.0. The third-order valence-corrected chi connectivity index (χ3v) is 4.31. The van der Waals surface area contributed by atoms with Gasteiger partial charge >= 0.3 is 0 Å². The quantitative estimate of drug-likeness (QED) is 0.613. The number of aromatic nitrogens is 3. The fourth-order valence-corrected chi connectivity index (χ4v) is 2.90. The molecule has 0 aliphatic heterocycles.